The van der Waals surface area contributed by atoms with E-state index in [4.69, 9.17) is 28.6 Å². The van der Waals surface area contributed by atoms with Gasteiger partial charge in [0.05, 0.1) is 23.4 Å². The first-order valence-electron chi connectivity index (χ1n) is 8.24. The van der Waals surface area contributed by atoms with Crippen molar-refractivity contribution < 1.29 is 9.53 Å². The average Bonchev–Trinajstić information content (AvgIpc) is 2.62. The molecule has 6 nitrogen and oxygen atoms in total. The molecule has 27 heavy (non-hydrogen) atoms. The Kier molecular flexibility index (Phi) is 8.19. The van der Waals surface area contributed by atoms with Gasteiger partial charge in [-0.15, -0.1) is 0 Å². The van der Waals surface area contributed by atoms with Crippen molar-refractivity contribution in [3.8, 4) is 0 Å². The van der Waals surface area contributed by atoms with Crippen LogP contribution < -0.4 is 16.1 Å². The Balaban J connectivity index is 1.94. The molecule has 0 radical (unpaired) electrons. The smallest absolute Gasteiger partial charge is 0.257 e. The molecule has 2 aromatic rings. The molecule has 0 aliphatic carbocycles. The summed E-state index contributed by atoms with van der Waals surface area (Å²) in [6, 6.07) is 14.2. The van der Waals surface area contributed by atoms with Crippen molar-refractivity contribution in [1.82, 2.24) is 10.7 Å². The summed E-state index contributed by atoms with van der Waals surface area (Å²) in [7, 11) is 1.63. The van der Waals surface area contributed by atoms with E-state index < -0.39 is 0 Å². The Morgan fingerprint density at radius 1 is 1.30 bits per heavy atom. The molecule has 0 bridgehead atoms. The highest BCUT2D eigenvalue weighted by molar-refractivity contribution is 7.80. The number of amides is 1. The highest BCUT2D eigenvalue weighted by atomic mass is 35.5. The maximum absolute atomic E-state index is 12.3. The van der Waals surface area contributed by atoms with Gasteiger partial charge >= 0.3 is 0 Å². The number of anilines is 1. The number of hydrogen-bond donors (Lipinski definition) is 3. The Hall–Kier alpha value is -2.48. The number of benzene rings is 2. The predicted octanol–water partition coefficient (Wildman–Crippen LogP) is 3.43. The third-order valence-electron chi connectivity index (χ3n) is 3.44. The lowest BCUT2D eigenvalue weighted by Crippen LogP contribution is -2.40. The second-order valence-electron chi connectivity index (χ2n) is 5.76. The van der Waals surface area contributed by atoms with E-state index in [2.05, 4.69) is 21.2 Å². The molecule has 2 aromatic carbocycles. The summed E-state index contributed by atoms with van der Waals surface area (Å²) >= 11 is 11.2. The first-order chi connectivity index (χ1) is 13.0. The van der Waals surface area contributed by atoms with Crippen molar-refractivity contribution in [1.29, 1.82) is 0 Å². The van der Waals surface area contributed by atoms with Crippen molar-refractivity contribution in [2.75, 3.05) is 19.0 Å². The van der Waals surface area contributed by atoms with E-state index in [1.54, 1.807) is 49.7 Å². The van der Waals surface area contributed by atoms with E-state index in [1.165, 1.54) is 0 Å². The number of halogens is 1. The van der Waals surface area contributed by atoms with Crippen LogP contribution in [0.25, 0.3) is 0 Å². The van der Waals surface area contributed by atoms with E-state index in [9.17, 15) is 4.79 Å². The average molecular weight is 405 g/mol. The molecule has 0 saturated heterocycles. The SMILES string of the molecule is COC[C@H](C)NC(=S)N/N=C\c1cccc(NC(=O)c2ccccc2Cl)c1. The van der Waals surface area contributed by atoms with Crippen molar-refractivity contribution in [2.24, 2.45) is 5.10 Å². The van der Waals surface area contributed by atoms with Gasteiger partial charge < -0.3 is 15.4 Å². The normalized spacial score (nSPS) is 11.8. The molecule has 0 aromatic heterocycles. The van der Waals surface area contributed by atoms with Crippen molar-refractivity contribution in [3.63, 3.8) is 0 Å². The van der Waals surface area contributed by atoms with Crippen molar-refractivity contribution in [2.45, 2.75) is 13.0 Å². The number of nitrogens with one attached hydrogen (secondary N) is 3. The second kappa shape index (κ2) is 10.6. The third kappa shape index (κ3) is 6.97. The number of ether oxygens (including phenoxy) is 1. The van der Waals surface area contributed by atoms with Gasteiger partial charge in [-0.25, -0.2) is 0 Å². The molecule has 0 aliphatic rings. The fourth-order valence-electron chi connectivity index (χ4n) is 2.25. The van der Waals surface area contributed by atoms with Gasteiger partial charge in [0.25, 0.3) is 5.91 Å². The zero-order valence-corrected chi connectivity index (χ0v) is 16.6. The molecular weight excluding hydrogens is 384 g/mol. The lowest BCUT2D eigenvalue weighted by atomic mass is 10.2. The van der Waals surface area contributed by atoms with E-state index in [-0.39, 0.29) is 11.9 Å². The van der Waals surface area contributed by atoms with Gasteiger partial charge in [0.2, 0.25) is 0 Å². The fraction of sp³-hybridized carbons (Fsp3) is 0.211. The molecule has 0 heterocycles. The van der Waals surface area contributed by atoms with Crippen LogP contribution >= 0.6 is 23.8 Å². The molecule has 0 aliphatic heterocycles. The number of hydrogen-bond acceptors (Lipinski definition) is 4. The molecular formula is C19H21ClN4O2S. The van der Waals surface area contributed by atoms with Crippen LogP contribution in [0.1, 0.15) is 22.8 Å². The Labute approximate surface area is 168 Å². The Morgan fingerprint density at radius 3 is 2.81 bits per heavy atom. The molecule has 0 unspecified atom stereocenters. The first kappa shape index (κ1) is 20.8. The summed E-state index contributed by atoms with van der Waals surface area (Å²) in [5, 5.41) is 10.8. The predicted molar refractivity (Wildman–Crippen MR) is 114 cm³/mol. The Bertz CT molecular complexity index is 829. The van der Waals surface area contributed by atoms with Gasteiger partial charge in [-0.3, -0.25) is 10.2 Å². The number of carbonyl (C=O) groups is 1. The zero-order valence-electron chi connectivity index (χ0n) is 15.0. The van der Waals surface area contributed by atoms with E-state index >= 15 is 0 Å². The molecule has 3 N–H and O–H groups in total. The number of rotatable bonds is 7. The standard InChI is InChI=1S/C19H21ClN4O2S/c1-13(12-26-2)22-19(27)24-21-11-14-6-5-7-15(10-14)23-18(25)16-8-3-4-9-17(16)20/h3-11,13H,12H2,1-2H3,(H,23,25)(H2,22,24,27)/b21-11-/t13-/m0/s1. The van der Waals surface area contributed by atoms with Gasteiger partial charge in [-0.2, -0.15) is 5.10 Å². The van der Waals surface area contributed by atoms with Crippen molar-refractivity contribution in [3.05, 3.63) is 64.7 Å². The molecule has 1 atom stereocenters. The van der Waals surface area contributed by atoms with Gasteiger partial charge in [0.15, 0.2) is 5.11 Å². The van der Waals surface area contributed by atoms with Gasteiger partial charge in [-0.05, 0) is 49.0 Å². The van der Waals surface area contributed by atoms with Gasteiger partial charge in [0.1, 0.15) is 0 Å². The van der Waals surface area contributed by atoms with Crippen LogP contribution in [0.4, 0.5) is 5.69 Å². The number of methoxy groups -OCH3 is 1. The van der Waals surface area contributed by atoms with E-state index in [1.807, 2.05) is 19.1 Å². The fourth-order valence-corrected chi connectivity index (χ4v) is 2.73. The van der Waals surface area contributed by atoms with E-state index in [0.29, 0.717) is 28.0 Å². The molecule has 142 valence electrons. The molecule has 1 amide bonds. The minimum atomic E-state index is -0.273. The minimum absolute atomic E-state index is 0.0774. The van der Waals surface area contributed by atoms with Gasteiger partial charge in [-0.1, -0.05) is 35.9 Å². The highest BCUT2D eigenvalue weighted by Crippen LogP contribution is 2.17. The maximum Gasteiger partial charge on any atom is 0.257 e. The van der Waals surface area contributed by atoms with Crippen LogP contribution in [0.2, 0.25) is 5.02 Å². The van der Waals surface area contributed by atoms with Crippen LogP contribution in [0.5, 0.6) is 0 Å². The third-order valence-corrected chi connectivity index (χ3v) is 3.98. The minimum Gasteiger partial charge on any atom is -0.383 e. The molecule has 2 rings (SSSR count). The van der Waals surface area contributed by atoms with Crippen LogP contribution in [0.15, 0.2) is 53.6 Å². The molecule has 0 fully saturated rings. The Morgan fingerprint density at radius 2 is 2.07 bits per heavy atom. The molecule has 8 heteroatoms. The lowest BCUT2D eigenvalue weighted by molar-refractivity contribution is 0.102. The quantitative estimate of drug-likeness (QED) is 0.374. The first-order valence-corrected chi connectivity index (χ1v) is 9.02. The second-order valence-corrected chi connectivity index (χ2v) is 6.57. The summed E-state index contributed by atoms with van der Waals surface area (Å²) in [6.45, 7) is 2.49. The number of nitrogens with zero attached hydrogens (tertiary/aromatic N) is 1. The van der Waals surface area contributed by atoms with Crippen LogP contribution in [0.3, 0.4) is 0 Å². The number of hydrazone groups is 1. The summed E-state index contributed by atoms with van der Waals surface area (Å²) in [5.74, 6) is -0.273. The van der Waals surface area contributed by atoms with Crippen LogP contribution in [-0.4, -0.2) is 37.0 Å². The summed E-state index contributed by atoms with van der Waals surface area (Å²) in [5.41, 5.74) is 4.60. The summed E-state index contributed by atoms with van der Waals surface area (Å²) < 4.78 is 5.03. The molecule has 0 spiro atoms. The van der Waals surface area contributed by atoms with Crippen molar-refractivity contribution >= 4 is 46.7 Å². The topological polar surface area (TPSA) is 74.8 Å². The van der Waals surface area contributed by atoms with Crippen LogP contribution in [0, 0.1) is 0 Å². The van der Waals surface area contributed by atoms with Gasteiger partial charge in [0, 0.05) is 18.8 Å². The summed E-state index contributed by atoms with van der Waals surface area (Å²) in [4.78, 5) is 12.3. The lowest BCUT2D eigenvalue weighted by Gasteiger charge is -2.13. The van der Waals surface area contributed by atoms with Crippen LogP contribution in [-0.2, 0) is 4.74 Å². The zero-order chi connectivity index (χ0) is 19.6. The van der Waals surface area contributed by atoms with E-state index in [0.717, 1.165) is 5.56 Å². The number of thiocarbonyl (C=S) groups is 1. The molecule has 0 saturated carbocycles. The summed E-state index contributed by atoms with van der Waals surface area (Å²) in [6.07, 6.45) is 1.61. The highest BCUT2D eigenvalue weighted by Gasteiger charge is 2.09. The largest absolute Gasteiger partial charge is 0.383 e. The maximum atomic E-state index is 12.3. The monoisotopic (exact) mass is 404 g/mol. The number of carbonyl (C=O) groups excluding carboxylic acids is 1.